The number of carbonyl (C=O) groups excluding carboxylic acids is 2. The van der Waals surface area contributed by atoms with Gasteiger partial charge >= 0.3 is 6.03 Å². The highest BCUT2D eigenvalue weighted by Gasteiger charge is 2.35. The van der Waals surface area contributed by atoms with Crippen molar-refractivity contribution in [1.29, 1.82) is 0 Å². The van der Waals surface area contributed by atoms with E-state index in [1.54, 1.807) is 0 Å². The van der Waals surface area contributed by atoms with Gasteiger partial charge in [0.1, 0.15) is 13.2 Å². The number of carbonyl (C=O) groups is 2. The van der Waals surface area contributed by atoms with Gasteiger partial charge in [-0.1, -0.05) is 67.6 Å². The maximum atomic E-state index is 12.7. The Morgan fingerprint density at radius 1 is 0.971 bits per heavy atom. The van der Waals surface area contributed by atoms with Crippen molar-refractivity contribution in [3.63, 3.8) is 0 Å². The smallest absolute Gasteiger partial charge is 0.315 e. The van der Waals surface area contributed by atoms with Crippen LogP contribution in [-0.2, 0) is 24.6 Å². The van der Waals surface area contributed by atoms with Crippen molar-refractivity contribution >= 4 is 11.9 Å². The van der Waals surface area contributed by atoms with Crippen LogP contribution < -0.4 is 31.0 Å². The summed E-state index contributed by atoms with van der Waals surface area (Å²) < 4.78 is 7.20. The van der Waals surface area contributed by atoms with Gasteiger partial charge in [-0.15, -0.1) is 0 Å². The number of pyridine rings is 1. The normalized spacial score (nSPS) is 16.5. The molecule has 2 aromatic carbocycles. The van der Waals surface area contributed by atoms with Gasteiger partial charge in [-0.2, -0.15) is 4.73 Å². The third kappa shape index (κ3) is 6.41. The summed E-state index contributed by atoms with van der Waals surface area (Å²) in [6, 6.07) is 20.0. The Hall–Kier alpha value is -4.27. The molecule has 9 heteroatoms. The molecule has 2 heterocycles. The molecule has 4 rings (SSSR count). The van der Waals surface area contributed by atoms with E-state index in [2.05, 4.69) is 16.0 Å². The van der Waals surface area contributed by atoms with Crippen molar-refractivity contribution < 1.29 is 19.2 Å². The Morgan fingerprint density at radius 3 is 2.26 bits per heavy atom. The fourth-order valence-electron chi connectivity index (χ4n) is 3.54. The first-order valence-corrected chi connectivity index (χ1v) is 11.4. The first kappa shape index (κ1) is 23.9. The second-order valence-electron chi connectivity index (χ2n) is 8.32. The monoisotopic (exact) mass is 476 g/mol. The zero-order chi connectivity index (χ0) is 24.6. The van der Waals surface area contributed by atoms with Gasteiger partial charge < -0.3 is 25.5 Å². The van der Waals surface area contributed by atoms with Gasteiger partial charge in [-0.25, -0.2) is 4.79 Å². The van der Waals surface area contributed by atoms with Crippen LogP contribution in [-0.4, -0.2) is 29.3 Å². The molecule has 9 nitrogen and oxygen atoms in total. The number of rotatable bonds is 10. The number of nitrogens with one attached hydrogen (secondary N) is 3. The summed E-state index contributed by atoms with van der Waals surface area (Å²) in [4.78, 5) is 42.2. The number of aromatic nitrogens is 1. The molecule has 35 heavy (non-hydrogen) atoms. The molecule has 1 fully saturated rings. The van der Waals surface area contributed by atoms with Crippen LogP contribution in [0.25, 0.3) is 0 Å². The lowest BCUT2D eigenvalue weighted by Gasteiger charge is -2.34. The topological polar surface area (TPSA) is 111 Å². The second kappa shape index (κ2) is 11.2. The minimum Gasteiger partial charge on any atom is -0.483 e. The number of ether oxygens (including phenoxy) is 1. The minimum atomic E-state index is -0.412. The summed E-state index contributed by atoms with van der Waals surface area (Å²) in [5, 5.41) is 8.20. The Morgan fingerprint density at radius 2 is 1.63 bits per heavy atom. The predicted octanol–water partition coefficient (Wildman–Crippen LogP) is 1.99. The number of nitrogens with zero attached hydrogens (tertiary/aromatic N) is 1. The number of β-lactam (4-membered cyclic amide) rings is 1. The maximum absolute atomic E-state index is 12.7. The summed E-state index contributed by atoms with van der Waals surface area (Å²) in [6.45, 7) is 2.70. The van der Waals surface area contributed by atoms with Crippen LogP contribution in [0.5, 0.6) is 5.75 Å². The number of amides is 3. The van der Waals surface area contributed by atoms with E-state index in [4.69, 9.17) is 9.57 Å². The third-order valence-electron chi connectivity index (χ3n) is 5.77. The first-order chi connectivity index (χ1) is 17.0. The quantitative estimate of drug-likeness (QED) is 0.388. The van der Waals surface area contributed by atoms with Gasteiger partial charge in [-0.05, 0) is 11.1 Å². The summed E-state index contributed by atoms with van der Waals surface area (Å²) in [6.07, 6.45) is 1.49. The van der Waals surface area contributed by atoms with Crippen LogP contribution in [0.3, 0.4) is 0 Å². The molecular weight excluding hydrogens is 448 g/mol. The molecule has 0 aliphatic carbocycles. The van der Waals surface area contributed by atoms with Crippen molar-refractivity contribution in [3.05, 3.63) is 100.0 Å². The standard InChI is InChI=1S/C26H28N4O5/c1-18-22(29-25(18)32)14-28-26(33)27-13-21-12-23(31)24(34-16-19-8-4-2-5-9-19)15-30(21)35-17-20-10-6-3-7-11-20/h2-12,15,18,22H,13-14,16-17H2,1H3,(H,29,32)(H2,27,28,33)/t18-,22+/m0/s1. The van der Waals surface area contributed by atoms with Crippen LogP contribution >= 0.6 is 0 Å². The van der Waals surface area contributed by atoms with Gasteiger partial charge in [0.2, 0.25) is 11.3 Å². The Bertz CT molecular complexity index is 1210. The highest BCUT2D eigenvalue weighted by Crippen LogP contribution is 2.13. The third-order valence-corrected chi connectivity index (χ3v) is 5.77. The summed E-state index contributed by atoms with van der Waals surface area (Å²) in [5.41, 5.74) is 2.02. The van der Waals surface area contributed by atoms with Crippen molar-refractivity contribution in [3.8, 4) is 5.75 Å². The van der Waals surface area contributed by atoms with Gasteiger partial charge in [0.15, 0.2) is 5.75 Å². The molecule has 1 aliphatic rings. The SMILES string of the molecule is C[C@@H]1C(=O)N[C@@H]1CNC(=O)NCc1cc(=O)c(OCc2ccccc2)cn1OCc1ccccc1. The van der Waals surface area contributed by atoms with Crippen molar-refractivity contribution in [1.82, 2.24) is 20.7 Å². The molecule has 3 amide bonds. The van der Waals surface area contributed by atoms with E-state index >= 15 is 0 Å². The summed E-state index contributed by atoms with van der Waals surface area (Å²) in [5.74, 6) is -0.00788. The molecule has 1 aliphatic heterocycles. The number of benzene rings is 2. The van der Waals surface area contributed by atoms with Crippen LogP contribution in [0.1, 0.15) is 23.7 Å². The van der Waals surface area contributed by atoms with Crippen LogP contribution in [0.2, 0.25) is 0 Å². The zero-order valence-corrected chi connectivity index (χ0v) is 19.4. The van der Waals surface area contributed by atoms with E-state index in [-0.39, 0.29) is 48.8 Å². The average Bonchev–Trinajstić information content (AvgIpc) is 2.89. The molecule has 0 spiro atoms. The minimum absolute atomic E-state index is 0.0219. The van der Waals surface area contributed by atoms with Crippen molar-refractivity contribution in [2.24, 2.45) is 5.92 Å². The molecule has 0 saturated carbocycles. The molecule has 0 radical (unpaired) electrons. The Kier molecular flexibility index (Phi) is 7.67. The number of hydrogen-bond donors (Lipinski definition) is 3. The molecule has 0 unspecified atom stereocenters. The molecule has 1 aromatic heterocycles. The largest absolute Gasteiger partial charge is 0.483 e. The molecule has 1 saturated heterocycles. The second-order valence-corrected chi connectivity index (χ2v) is 8.32. The average molecular weight is 477 g/mol. The number of urea groups is 1. The van der Waals surface area contributed by atoms with E-state index < -0.39 is 6.03 Å². The zero-order valence-electron chi connectivity index (χ0n) is 19.4. The van der Waals surface area contributed by atoms with E-state index in [9.17, 15) is 14.4 Å². The fraction of sp³-hybridized carbons (Fsp3) is 0.269. The lowest BCUT2D eigenvalue weighted by molar-refractivity contribution is -0.133. The lowest BCUT2D eigenvalue weighted by atomic mass is 9.93. The van der Waals surface area contributed by atoms with Gasteiger partial charge in [0.05, 0.1) is 30.4 Å². The molecule has 0 bridgehead atoms. The fourth-order valence-corrected chi connectivity index (χ4v) is 3.54. The Balaban J connectivity index is 1.42. The van der Waals surface area contributed by atoms with Crippen LogP contribution in [0, 0.1) is 5.92 Å². The van der Waals surface area contributed by atoms with Gasteiger partial charge in [0.25, 0.3) is 0 Å². The Labute approximate surface area is 203 Å². The highest BCUT2D eigenvalue weighted by atomic mass is 16.7. The first-order valence-electron chi connectivity index (χ1n) is 11.4. The summed E-state index contributed by atoms with van der Waals surface area (Å²) in [7, 11) is 0. The number of hydrogen-bond acceptors (Lipinski definition) is 5. The van der Waals surface area contributed by atoms with Gasteiger partial charge in [-0.3, -0.25) is 9.59 Å². The summed E-state index contributed by atoms with van der Waals surface area (Å²) >= 11 is 0. The predicted molar refractivity (Wildman–Crippen MR) is 130 cm³/mol. The lowest BCUT2D eigenvalue weighted by Crippen LogP contribution is -2.61. The van der Waals surface area contributed by atoms with Crippen LogP contribution in [0.15, 0.2) is 77.7 Å². The highest BCUT2D eigenvalue weighted by molar-refractivity contribution is 5.85. The molecule has 2 atom stereocenters. The molecule has 3 N–H and O–H groups in total. The van der Waals surface area contributed by atoms with Gasteiger partial charge in [0, 0.05) is 12.6 Å². The van der Waals surface area contributed by atoms with E-state index in [1.807, 2.05) is 67.6 Å². The molecular formula is C26H28N4O5. The van der Waals surface area contributed by atoms with Crippen molar-refractivity contribution in [2.75, 3.05) is 6.54 Å². The van der Waals surface area contributed by atoms with E-state index in [0.29, 0.717) is 12.2 Å². The van der Waals surface area contributed by atoms with Crippen LogP contribution in [0.4, 0.5) is 4.79 Å². The van der Waals surface area contributed by atoms with Crippen molar-refractivity contribution in [2.45, 2.75) is 32.7 Å². The molecule has 182 valence electrons. The molecule has 3 aromatic rings. The maximum Gasteiger partial charge on any atom is 0.315 e. The van der Waals surface area contributed by atoms with E-state index in [0.717, 1.165) is 11.1 Å². The van der Waals surface area contributed by atoms with E-state index in [1.165, 1.54) is 17.0 Å².